The molecule has 0 aromatic rings. The molecule has 0 bridgehead atoms. The van der Waals surface area contributed by atoms with Crippen LogP contribution in [0.25, 0.3) is 0 Å². The Hall–Kier alpha value is -0.530. The molecule has 0 aromatic carbocycles. The summed E-state index contributed by atoms with van der Waals surface area (Å²) in [4.78, 5) is 13.9. The highest BCUT2D eigenvalue weighted by Gasteiger charge is 2.27. The Labute approximate surface area is 87.7 Å². The van der Waals surface area contributed by atoms with E-state index < -0.39 is 0 Å². The maximum absolute atomic E-state index is 11.9. The van der Waals surface area contributed by atoms with Crippen molar-refractivity contribution in [3.8, 4) is 0 Å². The van der Waals surface area contributed by atoms with E-state index in [-0.39, 0.29) is 5.92 Å². The Morgan fingerprint density at radius 2 is 1.86 bits per heavy atom. The molecule has 1 fully saturated rings. The first-order chi connectivity index (χ1) is 6.50. The smallest absolute Gasteiger partial charge is 0.225 e. The van der Waals surface area contributed by atoms with Gasteiger partial charge < -0.3 is 4.90 Å². The van der Waals surface area contributed by atoms with E-state index in [9.17, 15) is 4.79 Å². The lowest BCUT2D eigenvalue weighted by molar-refractivity contribution is -0.135. The van der Waals surface area contributed by atoms with Gasteiger partial charge in [0.05, 0.1) is 0 Å². The van der Waals surface area contributed by atoms with Crippen LogP contribution in [0, 0.1) is 17.8 Å². The van der Waals surface area contributed by atoms with Crippen molar-refractivity contribution in [3.05, 3.63) is 0 Å². The summed E-state index contributed by atoms with van der Waals surface area (Å²) in [5.74, 6) is 1.85. The van der Waals surface area contributed by atoms with Gasteiger partial charge in [0, 0.05) is 19.0 Å². The Morgan fingerprint density at radius 3 is 2.21 bits per heavy atom. The van der Waals surface area contributed by atoms with Crippen LogP contribution >= 0.6 is 0 Å². The minimum absolute atomic E-state index is 0.146. The van der Waals surface area contributed by atoms with Gasteiger partial charge in [-0.05, 0) is 24.7 Å². The van der Waals surface area contributed by atoms with Gasteiger partial charge in [0.2, 0.25) is 5.91 Å². The highest BCUT2D eigenvalue weighted by Crippen LogP contribution is 2.30. The maximum atomic E-state index is 11.9. The molecule has 1 saturated carbocycles. The second-order valence-corrected chi connectivity index (χ2v) is 5.24. The largest absolute Gasteiger partial charge is 0.342 e. The number of carbonyl (C=O) groups excluding carboxylic acids is 1. The third-order valence-electron chi connectivity index (χ3n) is 2.57. The molecular weight excluding hydrogens is 174 g/mol. The molecule has 1 amide bonds. The van der Waals surface area contributed by atoms with Crippen molar-refractivity contribution >= 4 is 5.91 Å². The van der Waals surface area contributed by atoms with Gasteiger partial charge in [-0.3, -0.25) is 4.79 Å². The summed E-state index contributed by atoms with van der Waals surface area (Å²) in [5.41, 5.74) is 0. The van der Waals surface area contributed by atoms with Crippen molar-refractivity contribution in [1.29, 1.82) is 0 Å². The van der Waals surface area contributed by atoms with Crippen LogP contribution in [-0.2, 0) is 4.79 Å². The molecule has 0 saturated heterocycles. The Kier molecular flexibility index (Phi) is 3.97. The monoisotopic (exact) mass is 197 g/mol. The first-order valence-electron chi connectivity index (χ1n) is 5.79. The van der Waals surface area contributed by atoms with E-state index in [0.717, 1.165) is 19.0 Å². The summed E-state index contributed by atoms with van der Waals surface area (Å²) in [6, 6.07) is 0. The molecule has 0 radical (unpaired) electrons. The van der Waals surface area contributed by atoms with E-state index in [1.807, 2.05) is 13.8 Å². The minimum Gasteiger partial charge on any atom is -0.342 e. The zero-order chi connectivity index (χ0) is 10.7. The normalized spacial score (nSPS) is 16.4. The molecule has 0 atom stereocenters. The van der Waals surface area contributed by atoms with Crippen LogP contribution in [0.1, 0.15) is 40.5 Å². The van der Waals surface area contributed by atoms with Crippen LogP contribution in [0.15, 0.2) is 0 Å². The van der Waals surface area contributed by atoms with Crippen molar-refractivity contribution < 1.29 is 4.79 Å². The Morgan fingerprint density at radius 1 is 1.29 bits per heavy atom. The summed E-state index contributed by atoms with van der Waals surface area (Å²) >= 11 is 0. The van der Waals surface area contributed by atoms with Crippen molar-refractivity contribution in [3.63, 3.8) is 0 Å². The number of carbonyl (C=O) groups is 1. The molecule has 0 unspecified atom stereocenters. The average molecular weight is 197 g/mol. The number of rotatable bonds is 5. The zero-order valence-electron chi connectivity index (χ0n) is 9.92. The molecule has 1 rings (SSSR count). The molecule has 0 aromatic heterocycles. The SMILES string of the molecule is CC(C)CN(CC1CC1)C(=O)C(C)C. The molecule has 14 heavy (non-hydrogen) atoms. The molecule has 82 valence electrons. The van der Waals surface area contributed by atoms with E-state index in [1.54, 1.807) is 0 Å². The minimum atomic E-state index is 0.146. The molecular formula is C12H23NO. The van der Waals surface area contributed by atoms with Crippen molar-refractivity contribution in [2.24, 2.45) is 17.8 Å². The molecule has 1 aliphatic carbocycles. The number of nitrogens with zero attached hydrogens (tertiary/aromatic N) is 1. The summed E-state index contributed by atoms with van der Waals surface area (Å²) in [5, 5.41) is 0. The van der Waals surface area contributed by atoms with Crippen LogP contribution in [0.3, 0.4) is 0 Å². The van der Waals surface area contributed by atoms with Crippen LogP contribution < -0.4 is 0 Å². The van der Waals surface area contributed by atoms with Crippen LogP contribution in [0.5, 0.6) is 0 Å². The van der Waals surface area contributed by atoms with Gasteiger partial charge in [0.1, 0.15) is 0 Å². The average Bonchev–Trinajstić information content (AvgIpc) is 2.84. The van der Waals surface area contributed by atoms with E-state index in [0.29, 0.717) is 11.8 Å². The lowest BCUT2D eigenvalue weighted by Gasteiger charge is -2.26. The summed E-state index contributed by atoms with van der Waals surface area (Å²) in [6.45, 7) is 10.2. The van der Waals surface area contributed by atoms with E-state index in [1.165, 1.54) is 12.8 Å². The van der Waals surface area contributed by atoms with Gasteiger partial charge in [-0.15, -0.1) is 0 Å². The molecule has 0 N–H and O–H groups in total. The summed E-state index contributed by atoms with van der Waals surface area (Å²) < 4.78 is 0. The van der Waals surface area contributed by atoms with Crippen LogP contribution in [0.2, 0.25) is 0 Å². The van der Waals surface area contributed by atoms with Crippen LogP contribution in [-0.4, -0.2) is 23.9 Å². The third kappa shape index (κ3) is 3.69. The topological polar surface area (TPSA) is 20.3 Å². The molecule has 0 spiro atoms. The summed E-state index contributed by atoms with van der Waals surface area (Å²) in [6.07, 6.45) is 2.64. The predicted octanol–water partition coefficient (Wildman–Crippen LogP) is 2.54. The van der Waals surface area contributed by atoms with Crippen molar-refractivity contribution in [2.45, 2.75) is 40.5 Å². The second kappa shape index (κ2) is 4.81. The third-order valence-corrected chi connectivity index (χ3v) is 2.57. The predicted molar refractivity (Wildman–Crippen MR) is 59.0 cm³/mol. The van der Waals surface area contributed by atoms with Gasteiger partial charge in [-0.25, -0.2) is 0 Å². The maximum Gasteiger partial charge on any atom is 0.225 e. The number of hydrogen-bond donors (Lipinski definition) is 0. The number of amides is 1. The summed E-state index contributed by atoms with van der Waals surface area (Å²) in [7, 11) is 0. The van der Waals surface area contributed by atoms with Crippen molar-refractivity contribution in [2.75, 3.05) is 13.1 Å². The van der Waals surface area contributed by atoms with E-state index in [2.05, 4.69) is 18.7 Å². The van der Waals surface area contributed by atoms with Gasteiger partial charge >= 0.3 is 0 Å². The highest BCUT2D eigenvalue weighted by molar-refractivity contribution is 5.78. The first kappa shape index (κ1) is 11.5. The van der Waals surface area contributed by atoms with E-state index in [4.69, 9.17) is 0 Å². The van der Waals surface area contributed by atoms with Crippen molar-refractivity contribution in [1.82, 2.24) is 4.90 Å². The van der Waals surface area contributed by atoms with Gasteiger partial charge in [0.15, 0.2) is 0 Å². The molecule has 0 aliphatic heterocycles. The fourth-order valence-electron chi connectivity index (χ4n) is 1.67. The fourth-order valence-corrected chi connectivity index (χ4v) is 1.67. The number of hydrogen-bond acceptors (Lipinski definition) is 1. The van der Waals surface area contributed by atoms with Gasteiger partial charge in [0.25, 0.3) is 0 Å². The van der Waals surface area contributed by atoms with Gasteiger partial charge in [-0.2, -0.15) is 0 Å². The van der Waals surface area contributed by atoms with Crippen LogP contribution in [0.4, 0.5) is 0 Å². The zero-order valence-corrected chi connectivity index (χ0v) is 9.92. The molecule has 1 aliphatic rings. The highest BCUT2D eigenvalue weighted by atomic mass is 16.2. The fraction of sp³-hybridized carbons (Fsp3) is 0.917. The Bertz CT molecular complexity index is 190. The lowest BCUT2D eigenvalue weighted by atomic mass is 10.1. The second-order valence-electron chi connectivity index (χ2n) is 5.24. The lowest BCUT2D eigenvalue weighted by Crippen LogP contribution is -2.38. The standard InChI is InChI=1S/C12H23NO/c1-9(2)7-13(8-11-5-6-11)12(14)10(3)4/h9-11H,5-8H2,1-4H3. The molecule has 2 nitrogen and oxygen atoms in total. The Balaban J connectivity index is 2.45. The first-order valence-corrected chi connectivity index (χ1v) is 5.79. The molecule has 2 heteroatoms. The van der Waals surface area contributed by atoms with E-state index >= 15 is 0 Å². The quantitative estimate of drug-likeness (QED) is 0.663. The molecule has 0 heterocycles. The van der Waals surface area contributed by atoms with Gasteiger partial charge in [-0.1, -0.05) is 27.7 Å².